The number of sulfonamides is 1. The first-order valence-corrected chi connectivity index (χ1v) is 11.0. The van der Waals surface area contributed by atoms with E-state index in [1.807, 2.05) is 18.2 Å². The summed E-state index contributed by atoms with van der Waals surface area (Å²) in [6, 6.07) is 12.7. The van der Waals surface area contributed by atoms with Gasteiger partial charge in [-0.1, -0.05) is 24.3 Å². The Labute approximate surface area is 171 Å². The van der Waals surface area contributed by atoms with E-state index in [1.165, 1.54) is 43.7 Å². The van der Waals surface area contributed by atoms with Gasteiger partial charge in [-0.25, -0.2) is 8.42 Å². The topological polar surface area (TPSA) is 104 Å². The lowest BCUT2D eigenvalue weighted by Gasteiger charge is -2.27. The number of rotatable bonds is 6. The van der Waals surface area contributed by atoms with E-state index in [2.05, 4.69) is 21.4 Å². The Bertz CT molecular complexity index is 1000. The summed E-state index contributed by atoms with van der Waals surface area (Å²) in [7, 11) is -3.87. The molecule has 8 heteroatoms. The van der Waals surface area contributed by atoms with Crippen LogP contribution < -0.4 is 15.4 Å². The van der Waals surface area contributed by atoms with Crippen LogP contribution in [0.4, 0.5) is 5.69 Å². The van der Waals surface area contributed by atoms with E-state index in [0.29, 0.717) is 5.69 Å². The van der Waals surface area contributed by atoms with Gasteiger partial charge in [0.2, 0.25) is 21.8 Å². The molecule has 0 saturated carbocycles. The molecule has 0 bridgehead atoms. The van der Waals surface area contributed by atoms with Crippen LogP contribution in [0.2, 0.25) is 0 Å². The molecule has 2 aromatic carbocycles. The molecule has 0 heterocycles. The molecule has 2 atom stereocenters. The molecule has 1 aliphatic rings. The monoisotopic (exact) mass is 415 g/mol. The maximum absolute atomic E-state index is 12.6. The molecule has 0 unspecified atom stereocenters. The zero-order valence-electron chi connectivity index (χ0n) is 16.4. The molecule has 2 amide bonds. The van der Waals surface area contributed by atoms with Gasteiger partial charge in [0.05, 0.1) is 17.0 Å². The van der Waals surface area contributed by atoms with Crippen molar-refractivity contribution in [2.75, 3.05) is 5.32 Å². The van der Waals surface area contributed by atoms with Crippen molar-refractivity contribution in [1.29, 1.82) is 0 Å². The van der Waals surface area contributed by atoms with E-state index in [1.54, 1.807) is 0 Å². The second kappa shape index (κ2) is 8.75. The van der Waals surface area contributed by atoms with Crippen molar-refractivity contribution in [3.05, 3.63) is 59.7 Å². The Balaban J connectivity index is 1.65. The molecule has 0 aromatic heterocycles. The normalized spacial score (nSPS) is 17.1. The molecular formula is C21H25N3O4S. The number of hydrogen-bond acceptors (Lipinski definition) is 4. The van der Waals surface area contributed by atoms with E-state index in [9.17, 15) is 18.0 Å². The number of amides is 2. The molecule has 0 saturated heterocycles. The van der Waals surface area contributed by atoms with Crippen molar-refractivity contribution in [2.45, 2.75) is 50.1 Å². The maximum Gasteiger partial charge on any atom is 0.241 e. The molecule has 29 heavy (non-hydrogen) atoms. The molecular weight excluding hydrogens is 390 g/mol. The van der Waals surface area contributed by atoms with Crippen LogP contribution in [0.1, 0.15) is 43.9 Å². The zero-order valence-corrected chi connectivity index (χ0v) is 17.3. The fourth-order valence-electron chi connectivity index (χ4n) is 3.48. The smallest absolute Gasteiger partial charge is 0.241 e. The number of hydrogen-bond donors (Lipinski definition) is 3. The number of carbonyl (C=O) groups excluding carboxylic acids is 2. The Hall–Kier alpha value is -2.71. The Morgan fingerprint density at radius 2 is 1.76 bits per heavy atom. The predicted molar refractivity (Wildman–Crippen MR) is 111 cm³/mol. The van der Waals surface area contributed by atoms with E-state index >= 15 is 0 Å². The van der Waals surface area contributed by atoms with Gasteiger partial charge in [0.1, 0.15) is 0 Å². The zero-order chi connectivity index (χ0) is 21.0. The fraction of sp³-hybridized carbons (Fsp3) is 0.333. The summed E-state index contributed by atoms with van der Waals surface area (Å²) in [6.45, 7) is 2.89. The van der Waals surface area contributed by atoms with Crippen molar-refractivity contribution >= 4 is 27.5 Å². The molecule has 0 radical (unpaired) electrons. The number of aryl methyl sites for hydroxylation is 1. The standard InChI is InChI=1S/C21H25N3O4S/c1-14(21(26)23-20-9-5-7-16-6-3-4-8-19(16)20)24-29(27,28)18-12-10-17(11-13-18)22-15(2)25/h3-4,6,8,10-14,20,24H,5,7,9H2,1-2H3,(H,22,25)(H,23,26)/t14-,20+/m1/s1. The van der Waals surface area contributed by atoms with Gasteiger partial charge in [-0.15, -0.1) is 0 Å². The lowest BCUT2D eigenvalue weighted by Crippen LogP contribution is -2.46. The van der Waals surface area contributed by atoms with Gasteiger partial charge < -0.3 is 10.6 Å². The minimum absolute atomic E-state index is 0.0225. The summed E-state index contributed by atoms with van der Waals surface area (Å²) in [5.41, 5.74) is 2.81. The van der Waals surface area contributed by atoms with Crippen LogP contribution >= 0.6 is 0 Å². The average molecular weight is 416 g/mol. The molecule has 3 N–H and O–H groups in total. The number of carbonyl (C=O) groups is 2. The molecule has 2 aromatic rings. The Kier molecular flexibility index (Phi) is 6.34. The predicted octanol–water partition coefficient (Wildman–Crippen LogP) is 2.51. The van der Waals surface area contributed by atoms with Crippen LogP contribution in [0, 0.1) is 0 Å². The maximum atomic E-state index is 12.6. The van der Waals surface area contributed by atoms with Gasteiger partial charge in [-0.3, -0.25) is 9.59 Å². The number of anilines is 1. The third-order valence-corrected chi connectivity index (χ3v) is 6.45. The number of benzene rings is 2. The highest BCUT2D eigenvalue weighted by Crippen LogP contribution is 2.29. The molecule has 0 spiro atoms. The van der Waals surface area contributed by atoms with Gasteiger partial charge in [-0.2, -0.15) is 4.72 Å². The lowest BCUT2D eigenvalue weighted by molar-refractivity contribution is -0.123. The summed E-state index contributed by atoms with van der Waals surface area (Å²) in [6.07, 6.45) is 2.79. The lowest BCUT2D eigenvalue weighted by atomic mass is 9.87. The summed E-state index contributed by atoms with van der Waals surface area (Å²) >= 11 is 0. The number of fused-ring (bicyclic) bond motifs is 1. The van der Waals surface area contributed by atoms with E-state index in [4.69, 9.17) is 0 Å². The summed E-state index contributed by atoms with van der Waals surface area (Å²) in [5, 5.41) is 5.54. The first-order valence-electron chi connectivity index (χ1n) is 9.54. The highest BCUT2D eigenvalue weighted by Gasteiger charge is 2.26. The van der Waals surface area contributed by atoms with E-state index in [0.717, 1.165) is 24.8 Å². The Morgan fingerprint density at radius 1 is 1.07 bits per heavy atom. The van der Waals surface area contributed by atoms with Crippen LogP contribution in [0.25, 0.3) is 0 Å². The van der Waals surface area contributed by atoms with E-state index in [-0.39, 0.29) is 22.8 Å². The van der Waals surface area contributed by atoms with E-state index < -0.39 is 16.1 Å². The average Bonchev–Trinajstić information content (AvgIpc) is 2.68. The highest BCUT2D eigenvalue weighted by molar-refractivity contribution is 7.89. The molecule has 7 nitrogen and oxygen atoms in total. The third-order valence-electron chi connectivity index (χ3n) is 4.90. The summed E-state index contributed by atoms with van der Waals surface area (Å²) in [5.74, 6) is -0.613. The second-order valence-corrected chi connectivity index (χ2v) is 8.91. The van der Waals surface area contributed by atoms with Crippen molar-refractivity contribution in [1.82, 2.24) is 10.0 Å². The van der Waals surface area contributed by atoms with Gasteiger partial charge in [0, 0.05) is 12.6 Å². The van der Waals surface area contributed by atoms with Crippen molar-refractivity contribution in [2.24, 2.45) is 0 Å². The molecule has 0 aliphatic heterocycles. The van der Waals surface area contributed by atoms with Gasteiger partial charge in [0.25, 0.3) is 0 Å². The van der Waals surface area contributed by atoms with Crippen molar-refractivity contribution < 1.29 is 18.0 Å². The quantitative estimate of drug-likeness (QED) is 0.674. The van der Waals surface area contributed by atoms with Crippen LogP contribution in [0.5, 0.6) is 0 Å². The first-order chi connectivity index (χ1) is 13.8. The van der Waals surface area contributed by atoms with Crippen molar-refractivity contribution in [3.63, 3.8) is 0 Å². The first kappa shape index (κ1) is 21.0. The third kappa shape index (κ3) is 5.21. The van der Waals surface area contributed by atoms with Gasteiger partial charge in [0.15, 0.2) is 0 Å². The fourth-order valence-corrected chi connectivity index (χ4v) is 4.68. The minimum Gasteiger partial charge on any atom is -0.348 e. The second-order valence-electron chi connectivity index (χ2n) is 7.20. The molecule has 0 fully saturated rings. The Morgan fingerprint density at radius 3 is 2.45 bits per heavy atom. The molecule has 154 valence electrons. The van der Waals surface area contributed by atoms with Crippen molar-refractivity contribution in [3.8, 4) is 0 Å². The summed E-state index contributed by atoms with van der Waals surface area (Å²) < 4.78 is 27.6. The highest BCUT2D eigenvalue weighted by atomic mass is 32.2. The molecule has 1 aliphatic carbocycles. The van der Waals surface area contributed by atoms with Crippen LogP contribution in [-0.4, -0.2) is 26.3 Å². The SMILES string of the molecule is CC(=O)Nc1ccc(S(=O)(=O)N[C@H](C)C(=O)N[C@H]2CCCc3ccccc32)cc1. The summed E-state index contributed by atoms with van der Waals surface area (Å²) in [4.78, 5) is 23.7. The van der Waals surface area contributed by atoms with Crippen LogP contribution in [-0.2, 0) is 26.0 Å². The van der Waals surface area contributed by atoms with Crippen LogP contribution in [0.15, 0.2) is 53.4 Å². The minimum atomic E-state index is -3.87. The van der Waals surface area contributed by atoms with Gasteiger partial charge >= 0.3 is 0 Å². The number of nitrogens with one attached hydrogen (secondary N) is 3. The van der Waals surface area contributed by atoms with Crippen LogP contribution in [0.3, 0.4) is 0 Å². The largest absolute Gasteiger partial charge is 0.348 e. The van der Waals surface area contributed by atoms with Gasteiger partial charge in [-0.05, 0) is 61.6 Å². The molecule has 3 rings (SSSR count).